The molecule has 0 atom stereocenters. The number of benzene rings is 5. The number of furan rings is 2. The van der Waals surface area contributed by atoms with Crippen molar-refractivity contribution in [2.24, 2.45) is 0 Å². The van der Waals surface area contributed by atoms with Crippen LogP contribution in [0.1, 0.15) is 43.8 Å². The molecule has 4 N–H and O–H groups in total. The Bertz CT molecular complexity index is 2730. The van der Waals surface area contributed by atoms with Crippen molar-refractivity contribution in [3.63, 3.8) is 0 Å². The number of rotatable bonds is 16. The van der Waals surface area contributed by atoms with E-state index in [9.17, 15) is 35.6 Å². The van der Waals surface area contributed by atoms with Gasteiger partial charge in [-0.3, -0.25) is 4.79 Å². The third kappa shape index (κ3) is 12.5. The van der Waals surface area contributed by atoms with Crippen LogP contribution in [0.3, 0.4) is 0 Å². The lowest BCUT2D eigenvalue weighted by molar-refractivity contribution is -0.0505. The van der Waals surface area contributed by atoms with Gasteiger partial charge in [-0.05, 0) is 109 Å². The summed E-state index contributed by atoms with van der Waals surface area (Å²) in [5.41, 5.74) is 6.65. The van der Waals surface area contributed by atoms with E-state index in [0.717, 1.165) is 39.2 Å². The second kappa shape index (κ2) is 20.4. The number of carbonyl (C=O) groups is 2. The van der Waals surface area contributed by atoms with Crippen LogP contribution in [0.15, 0.2) is 153 Å². The summed E-state index contributed by atoms with van der Waals surface area (Å²) in [7, 11) is -4.02. The van der Waals surface area contributed by atoms with Crippen LogP contribution in [-0.2, 0) is 23.1 Å². The fraction of sp³-hybridized carbons (Fsp3) is 0.130. The fourth-order valence-electron chi connectivity index (χ4n) is 6.05. The van der Waals surface area contributed by atoms with Crippen LogP contribution in [0.4, 0.5) is 28.9 Å². The average Bonchev–Trinajstić information content (AvgIpc) is 3.84. The number of carboxylic acids is 1. The Morgan fingerprint density at radius 2 is 0.968 bits per heavy atom. The monoisotopic (exact) mass is 885 g/mol. The Balaban J connectivity index is 0.000000219. The standard InChI is InChI=1S/C26H22F2N2O5S.C20H17F2NO4/c1-17-20(15-24(34-17)25(31)30-36(32,33)23-5-3-2-4-6-23)16-29-21-11-7-18(8-12-21)19-9-13-22(14-10-19)35-26(27)28;1-12-15(10-18(26-12)19(24)25)11-23-16-6-2-13(3-7-16)14-4-8-17(9-5-14)27-20(21)22/h2-15,26,29H,16H2,1H3,(H,30,31);2-10,20,23H,11H2,1H3,(H,24,25). The van der Waals surface area contributed by atoms with Crippen molar-refractivity contribution in [3.05, 3.63) is 174 Å². The number of alkyl halides is 4. The molecule has 5 aromatic carbocycles. The molecule has 2 heterocycles. The number of amides is 1. The van der Waals surface area contributed by atoms with Gasteiger partial charge in [-0.1, -0.05) is 66.7 Å². The van der Waals surface area contributed by atoms with Crippen LogP contribution in [0.2, 0.25) is 0 Å². The smallest absolute Gasteiger partial charge is 0.387 e. The molecule has 2 aromatic heterocycles. The van der Waals surface area contributed by atoms with Crippen LogP contribution >= 0.6 is 0 Å². The highest BCUT2D eigenvalue weighted by atomic mass is 32.2. The van der Waals surface area contributed by atoms with Gasteiger partial charge >= 0.3 is 25.1 Å². The highest BCUT2D eigenvalue weighted by molar-refractivity contribution is 7.90. The minimum atomic E-state index is -4.02. The molecule has 0 unspecified atom stereocenters. The summed E-state index contributed by atoms with van der Waals surface area (Å²) in [6.45, 7) is -1.54. The van der Waals surface area contributed by atoms with E-state index < -0.39 is 35.1 Å². The maximum atomic E-state index is 12.5. The molecule has 0 saturated heterocycles. The molecule has 1 amide bonds. The van der Waals surface area contributed by atoms with E-state index in [2.05, 4.69) is 20.1 Å². The van der Waals surface area contributed by atoms with Crippen molar-refractivity contribution in [2.45, 2.75) is 45.1 Å². The quantitative estimate of drug-likeness (QED) is 0.0681. The van der Waals surface area contributed by atoms with E-state index >= 15 is 0 Å². The normalized spacial score (nSPS) is 11.1. The van der Waals surface area contributed by atoms with Crippen molar-refractivity contribution >= 4 is 33.3 Å². The van der Waals surface area contributed by atoms with Gasteiger partial charge in [0.25, 0.3) is 10.0 Å². The maximum Gasteiger partial charge on any atom is 0.387 e. The number of ether oxygens (including phenoxy) is 2. The first kappa shape index (κ1) is 45.0. The number of nitrogens with one attached hydrogen (secondary N) is 3. The van der Waals surface area contributed by atoms with Crippen LogP contribution in [-0.4, -0.2) is 38.6 Å². The maximum absolute atomic E-state index is 12.5. The molecule has 326 valence electrons. The summed E-state index contributed by atoms with van der Waals surface area (Å²) in [5.74, 6) is -0.912. The van der Waals surface area contributed by atoms with Gasteiger partial charge in [-0.25, -0.2) is 17.9 Å². The molecular formula is C46H39F4N3O9S. The molecule has 0 spiro atoms. The Morgan fingerprint density at radius 3 is 1.35 bits per heavy atom. The first-order valence-corrected chi connectivity index (χ1v) is 20.4. The average molecular weight is 886 g/mol. The lowest BCUT2D eigenvalue weighted by Crippen LogP contribution is -2.30. The molecule has 0 aliphatic heterocycles. The van der Waals surface area contributed by atoms with Gasteiger partial charge in [-0.15, -0.1) is 0 Å². The van der Waals surface area contributed by atoms with Crippen molar-refractivity contribution in [2.75, 3.05) is 10.6 Å². The third-order valence-corrected chi connectivity index (χ3v) is 10.7. The second-order valence-corrected chi connectivity index (χ2v) is 15.3. The number of sulfonamides is 1. The number of carbonyl (C=O) groups excluding carboxylic acids is 1. The second-order valence-electron chi connectivity index (χ2n) is 13.6. The summed E-state index contributed by atoms with van der Waals surface area (Å²) in [4.78, 5) is 23.4. The Labute approximate surface area is 359 Å². The number of aromatic carboxylic acids is 1. The third-order valence-electron chi connectivity index (χ3n) is 9.32. The number of halogens is 4. The molecule has 17 heteroatoms. The van der Waals surface area contributed by atoms with E-state index in [1.54, 1.807) is 56.3 Å². The van der Waals surface area contributed by atoms with E-state index in [1.807, 2.05) is 53.3 Å². The molecule has 0 radical (unpaired) electrons. The summed E-state index contributed by atoms with van der Waals surface area (Å²) < 4.78 is 95.1. The largest absolute Gasteiger partial charge is 0.475 e. The first-order valence-electron chi connectivity index (χ1n) is 19.0. The van der Waals surface area contributed by atoms with Crippen molar-refractivity contribution < 1.29 is 59.0 Å². The number of hydrogen-bond acceptors (Lipinski definition) is 10. The van der Waals surface area contributed by atoms with E-state index in [1.165, 1.54) is 48.5 Å². The summed E-state index contributed by atoms with van der Waals surface area (Å²) >= 11 is 0. The van der Waals surface area contributed by atoms with Crippen molar-refractivity contribution in [1.82, 2.24) is 4.72 Å². The zero-order valence-electron chi connectivity index (χ0n) is 33.5. The van der Waals surface area contributed by atoms with Crippen LogP contribution in [0.5, 0.6) is 11.5 Å². The lowest BCUT2D eigenvalue weighted by atomic mass is 10.1. The molecule has 0 saturated carbocycles. The Kier molecular flexibility index (Phi) is 14.5. The van der Waals surface area contributed by atoms with Crippen LogP contribution in [0.25, 0.3) is 22.3 Å². The molecule has 12 nitrogen and oxygen atoms in total. The highest BCUT2D eigenvalue weighted by Crippen LogP contribution is 2.27. The van der Waals surface area contributed by atoms with Gasteiger partial charge in [0, 0.05) is 35.6 Å². The van der Waals surface area contributed by atoms with Crippen LogP contribution < -0.4 is 24.8 Å². The molecule has 7 aromatic rings. The predicted octanol–water partition coefficient (Wildman–Crippen LogP) is 10.8. The zero-order chi connectivity index (χ0) is 45.1. The molecule has 0 aliphatic carbocycles. The van der Waals surface area contributed by atoms with Crippen molar-refractivity contribution in [3.8, 4) is 33.8 Å². The summed E-state index contributed by atoms with van der Waals surface area (Å²) in [6, 6.07) is 38.4. The molecule has 63 heavy (non-hydrogen) atoms. The SMILES string of the molecule is Cc1oc(C(=O)NS(=O)(=O)c2ccccc2)cc1CNc1ccc(-c2ccc(OC(F)F)cc2)cc1.Cc1oc(C(=O)O)cc1CNc1ccc(-c2ccc(OC(F)F)cc2)cc1. The highest BCUT2D eigenvalue weighted by Gasteiger charge is 2.22. The molecular weight excluding hydrogens is 847 g/mol. The predicted molar refractivity (Wildman–Crippen MR) is 227 cm³/mol. The number of hydrogen-bond donors (Lipinski definition) is 4. The van der Waals surface area contributed by atoms with E-state index in [0.29, 0.717) is 30.2 Å². The van der Waals surface area contributed by atoms with Gasteiger partial charge in [0.15, 0.2) is 5.76 Å². The lowest BCUT2D eigenvalue weighted by Gasteiger charge is -2.08. The number of aryl methyl sites for hydroxylation is 2. The van der Waals surface area contributed by atoms with Gasteiger partial charge in [0.2, 0.25) is 5.76 Å². The van der Waals surface area contributed by atoms with Crippen molar-refractivity contribution in [1.29, 1.82) is 0 Å². The minimum absolute atomic E-state index is 0.0237. The number of anilines is 2. The Morgan fingerprint density at radius 1 is 0.587 bits per heavy atom. The first-order chi connectivity index (χ1) is 30.1. The van der Waals surface area contributed by atoms with Gasteiger partial charge in [0.05, 0.1) is 4.90 Å². The fourth-order valence-corrected chi connectivity index (χ4v) is 7.03. The molecule has 0 fully saturated rings. The van der Waals surface area contributed by atoms with E-state index in [-0.39, 0.29) is 27.9 Å². The molecule has 0 aliphatic rings. The molecule has 7 rings (SSSR count). The Hall–Kier alpha value is -7.53. The van der Waals surface area contributed by atoms with Gasteiger partial charge < -0.3 is 34.0 Å². The van der Waals surface area contributed by atoms with E-state index in [4.69, 9.17) is 13.9 Å². The summed E-state index contributed by atoms with van der Waals surface area (Å²) in [5, 5.41) is 15.4. The number of carboxylic acid groups (broad SMARTS) is 1. The molecule has 0 bridgehead atoms. The zero-order valence-corrected chi connectivity index (χ0v) is 34.3. The minimum Gasteiger partial charge on any atom is -0.475 e. The van der Waals surface area contributed by atoms with Crippen LogP contribution in [0, 0.1) is 13.8 Å². The van der Waals surface area contributed by atoms with Gasteiger partial charge in [-0.2, -0.15) is 17.6 Å². The van der Waals surface area contributed by atoms with Gasteiger partial charge in [0.1, 0.15) is 23.0 Å². The topological polar surface area (TPSA) is 169 Å². The summed E-state index contributed by atoms with van der Waals surface area (Å²) in [6.07, 6.45) is 0.